The summed E-state index contributed by atoms with van der Waals surface area (Å²) in [7, 11) is 1.55. The number of carboxylic acids is 1. The van der Waals surface area contributed by atoms with Gasteiger partial charge in [0.05, 0.1) is 17.4 Å². The van der Waals surface area contributed by atoms with E-state index in [9.17, 15) is 14.7 Å². The third-order valence-electron chi connectivity index (χ3n) is 3.39. The third kappa shape index (κ3) is 5.35. The number of likely N-dealkylation sites (N-methyl/N-ethyl adjacent to an activating group) is 1. The van der Waals surface area contributed by atoms with Gasteiger partial charge in [0, 0.05) is 7.05 Å². The van der Waals surface area contributed by atoms with Crippen LogP contribution in [-0.4, -0.2) is 31.2 Å². The average molecular weight is 340 g/mol. The van der Waals surface area contributed by atoms with Crippen LogP contribution in [0.1, 0.15) is 22.8 Å². The first-order valence-electron chi connectivity index (χ1n) is 7.55. The van der Waals surface area contributed by atoms with Crippen molar-refractivity contribution in [1.82, 2.24) is 5.32 Å². The highest BCUT2D eigenvalue weighted by Crippen LogP contribution is 2.14. The number of anilines is 1. The van der Waals surface area contributed by atoms with Crippen LogP contribution in [0.4, 0.5) is 5.69 Å². The van der Waals surface area contributed by atoms with Crippen LogP contribution in [0, 0.1) is 0 Å². The van der Waals surface area contributed by atoms with Crippen LogP contribution in [0.5, 0.6) is 5.75 Å². The summed E-state index contributed by atoms with van der Waals surface area (Å²) in [6.07, 6.45) is 0. The molecule has 7 nitrogen and oxygen atoms in total. The highest BCUT2D eigenvalue weighted by molar-refractivity contribution is 5.99. The lowest BCUT2D eigenvalue weighted by Crippen LogP contribution is -2.24. The Hall–Kier alpha value is -3.35. The molecule has 0 spiro atoms. The van der Waals surface area contributed by atoms with Crippen molar-refractivity contribution in [3.63, 3.8) is 0 Å². The van der Waals surface area contributed by atoms with Gasteiger partial charge in [0.15, 0.2) is 6.61 Å². The molecule has 7 heteroatoms. The van der Waals surface area contributed by atoms with Crippen LogP contribution >= 0.6 is 0 Å². The molecule has 0 atom stereocenters. The fourth-order valence-electron chi connectivity index (χ4n) is 1.91. The number of ether oxygens (including phenoxy) is 1. The number of hydrogen-bond acceptors (Lipinski definition) is 6. The van der Waals surface area contributed by atoms with E-state index >= 15 is 0 Å². The number of carbonyl (C=O) groups excluding carboxylic acids is 2. The van der Waals surface area contributed by atoms with Gasteiger partial charge in [-0.3, -0.25) is 10.2 Å². The standard InChI is InChI=1S/C18H19N3O4/c1-12(20-21-15-7-3-14(4-8-15)18(23)24)13-5-9-16(10-6-13)25-11-17(22)19-2/h3-10,21H,11H2,1-2H3,(H,19,22)(H,23,24)/p-1/b20-12-. The van der Waals surface area contributed by atoms with Gasteiger partial charge in [-0.05, 0) is 54.4 Å². The molecule has 1 amide bonds. The van der Waals surface area contributed by atoms with E-state index in [1.54, 1.807) is 31.3 Å². The lowest BCUT2D eigenvalue weighted by Gasteiger charge is -2.07. The maximum absolute atomic E-state index is 11.1. The molecule has 0 fully saturated rings. The molecular weight excluding hydrogens is 322 g/mol. The second-order valence-corrected chi connectivity index (χ2v) is 5.16. The summed E-state index contributed by atoms with van der Waals surface area (Å²) >= 11 is 0. The fourth-order valence-corrected chi connectivity index (χ4v) is 1.91. The Labute approximate surface area is 145 Å². The van der Waals surface area contributed by atoms with Crippen molar-refractivity contribution in [3.8, 4) is 5.75 Å². The molecule has 2 aromatic carbocycles. The molecule has 0 aliphatic carbocycles. The minimum absolute atomic E-state index is 0.0354. The summed E-state index contributed by atoms with van der Waals surface area (Å²) < 4.78 is 5.33. The number of amides is 1. The third-order valence-corrected chi connectivity index (χ3v) is 3.39. The first-order valence-corrected chi connectivity index (χ1v) is 7.55. The highest BCUT2D eigenvalue weighted by Gasteiger charge is 2.02. The molecule has 0 aliphatic rings. The van der Waals surface area contributed by atoms with Gasteiger partial charge in [0.1, 0.15) is 5.75 Å². The summed E-state index contributed by atoms with van der Waals surface area (Å²) in [5, 5.41) is 17.4. The molecular formula is C18H18N3O4-. The summed E-state index contributed by atoms with van der Waals surface area (Å²) in [5.74, 6) is -0.827. The molecule has 0 unspecified atom stereocenters. The van der Waals surface area contributed by atoms with E-state index in [-0.39, 0.29) is 18.1 Å². The summed E-state index contributed by atoms with van der Waals surface area (Å²) in [4.78, 5) is 21.8. The van der Waals surface area contributed by atoms with Crippen molar-refractivity contribution in [2.45, 2.75) is 6.92 Å². The van der Waals surface area contributed by atoms with E-state index < -0.39 is 5.97 Å². The summed E-state index contributed by atoms with van der Waals surface area (Å²) in [6, 6.07) is 13.3. The molecule has 0 aliphatic heterocycles. The molecule has 0 heterocycles. The molecule has 25 heavy (non-hydrogen) atoms. The predicted octanol–water partition coefficient (Wildman–Crippen LogP) is 1.01. The van der Waals surface area contributed by atoms with Crippen molar-refractivity contribution in [2.75, 3.05) is 19.1 Å². The molecule has 2 rings (SSSR count). The zero-order chi connectivity index (χ0) is 18.2. The SMILES string of the molecule is CNC(=O)COc1ccc(/C(C)=N\Nc2ccc(C(=O)[O-])cc2)cc1. The van der Waals surface area contributed by atoms with Gasteiger partial charge in [-0.1, -0.05) is 12.1 Å². The summed E-state index contributed by atoms with van der Waals surface area (Å²) in [5.41, 5.74) is 5.25. The molecule has 0 radical (unpaired) electrons. The van der Waals surface area contributed by atoms with Crippen LogP contribution in [0.15, 0.2) is 53.6 Å². The second kappa shape index (κ2) is 8.49. The Kier molecular flexibility index (Phi) is 6.11. The van der Waals surface area contributed by atoms with Crippen LogP contribution < -0.4 is 20.6 Å². The second-order valence-electron chi connectivity index (χ2n) is 5.16. The van der Waals surface area contributed by atoms with Crippen LogP contribution in [0.25, 0.3) is 0 Å². The van der Waals surface area contributed by atoms with Gasteiger partial charge < -0.3 is 20.0 Å². The van der Waals surface area contributed by atoms with Crippen molar-refractivity contribution < 1.29 is 19.4 Å². The van der Waals surface area contributed by atoms with Crippen molar-refractivity contribution in [2.24, 2.45) is 5.10 Å². The monoisotopic (exact) mass is 340 g/mol. The quantitative estimate of drug-likeness (QED) is 0.578. The number of benzene rings is 2. The van der Waals surface area contributed by atoms with Gasteiger partial charge >= 0.3 is 0 Å². The van der Waals surface area contributed by atoms with Gasteiger partial charge in [-0.15, -0.1) is 0 Å². The van der Waals surface area contributed by atoms with E-state index in [1.807, 2.05) is 19.1 Å². The molecule has 2 N–H and O–H groups in total. The maximum Gasteiger partial charge on any atom is 0.257 e. The number of carbonyl (C=O) groups is 2. The van der Waals surface area contributed by atoms with Crippen LogP contribution in [0.2, 0.25) is 0 Å². The lowest BCUT2D eigenvalue weighted by atomic mass is 10.1. The van der Waals surface area contributed by atoms with Crippen molar-refractivity contribution in [1.29, 1.82) is 0 Å². The zero-order valence-electron chi connectivity index (χ0n) is 13.9. The Morgan fingerprint density at radius 3 is 2.20 bits per heavy atom. The zero-order valence-corrected chi connectivity index (χ0v) is 13.9. The number of nitrogens with one attached hydrogen (secondary N) is 2. The average Bonchev–Trinajstić information content (AvgIpc) is 2.64. The van der Waals surface area contributed by atoms with E-state index in [2.05, 4.69) is 15.8 Å². The van der Waals surface area contributed by atoms with E-state index in [1.165, 1.54) is 12.1 Å². The number of carboxylic acid groups (broad SMARTS) is 1. The maximum atomic E-state index is 11.1. The van der Waals surface area contributed by atoms with E-state index in [0.717, 1.165) is 11.3 Å². The van der Waals surface area contributed by atoms with Gasteiger partial charge in [-0.25, -0.2) is 0 Å². The summed E-state index contributed by atoms with van der Waals surface area (Å²) in [6.45, 7) is 1.80. The first kappa shape index (κ1) is 18.0. The number of rotatable bonds is 7. The van der Waals surface area contributed by atoms with Crippen molar-refractivity contribution in [3.05, 3.63) is 59.7 Å². The predicted molar refractivity (Wildman–Crippen MR) is 92.6 cm³/mol. The topological polar surface area (TPSA) is 103 Å². The molecule has 2 aromatic rings. The van der Waals surface area contributed by atoms with E-state index in [0.29, 0.717) is 11.4 Å². The Morgan fingerprint density at radius 2 is 1.64 bits per heavy atom. The van der Waals surface area contributed by atoms with Crippen LogP contribution in [-0.2, 0) is 4.79 Å². The number of nitrogens with zero attached hydrogens (tertiary/aromatic N) is 1. The van der Waals surface area contributed by atoms with Crippen molar-refractivity contribution >= 4 is 23.3 Å². The number of hydrogen-bond donors (Lipinski definition) is 2. The molecule has 0 saturated carbocycles. The van der Waals surface area contributed by atoms with Gasteiger partial charge in [-0.2, -0.15) is 5.10 Å². The largest absolute Gasteiger partial charge is 0.545 e. The lowest BCUT2D eigenvalue weighted by molar-refractivity contribution is -0.255. The molecule has 0 aromatic heterocycles. The number of hydrazone groups is 1. The molecule has 130 valence electrons. The Morgan fingerprint density at radius 1 is 1.04 bits per heavy atom. The first-order chi connectivity index (χ1) is 12.0. The van der Waals surface area contributed by atoms with Gasteiger partial charge in [0.2, 0.25) is 0 Å². The Balaban J connectivity index is 1.97. The van der Waals surface area contributed by atoms with E-state index in [4.69, 9.17) is 4.74 Å². The minimum atomic E-state index is -1.22. The smallest absolute Gasteiger partial charge is 0.257 e. The highest BCUT2D eigenvalue weighted by atomic mass is 16.5. The molecule has 0 bridgehead atoms. The normalized spacial score (nSPS) is 10.9. The molecule has 0 saturated heterocycles. The minimum Gasteiger partial charge on any atom is -0.545 e. The number of aromatic carboxylic acids is 1. The van der Waals surface area contributed by atoms with Crippen LogP contribution in [0.3, 0.4) is 0 Å². The fraction of sp³-hybridized carbons (Fsp3) is 0.167. The van der Waals surface area contributed by atoms with Gasteiger partial charge in [0.25, 0.3) is 5.91 Å². The Bertz CT molecular complexity index is 768.